The number of nitrogens with one attached hydrogen (secondary N) is 3. The summed E-state index contributed by atoms with van der Waals surface area (Å²) in [6, 6.07) is 10.9. The summed E-state index contributed by atoms with van der Waals surface area (Å²) in [4.78, 5) is 17.7. The second-order valence-corrected chi connectivity index (χ2v) is 14.6. The molecule has 7 rings (SSSR count). The standard InChI is InChI=1S/C35H41Br2N12O4/c1-3-6-24(21-50)42-29-13-30(48-34(43-29)25(36)17-40-48)38-16-23-10-11-33(46(20-23)53-2)47(27-8-4-9-28(27)51)32-14-31(49-35(44-32)26(37)18-41-49)39-15-22-7-5-12-45(52)19-22/h5,7,10-14,17-20,24,27-28,38-39,50-51H,3-4,6,8-9,15-16,21H2,1-2H3,(H,42,43)/q+1/t24-,27-,28-/m0/s1. The van der Waals surface area contributed by atoms with Gasteiger partial charge in [0.1, 0.15) is 36.8 Å². The molecule has 0 saturated heterocycles. The summed E-state index contributed by atoms with van der Waals surface area (Å²) in [5, 5.41) is 52.3. The number of aliphatic hydroxyl groups excluding tert-OH is 2. The van der Waals surface area contributed by atoms with Crippen LogP contribution in [0, 0.1) is 5.21 Å². The summed E-state index contributed by atoms with van der Waals surface area (Å²) in [7, 11) is 1.60. The van der Waals surface area contributed by atoms with Crippen LogP contribution in [0.15, 0.2) is 76.3 Å². The number of hydrogen-bond acceptors (Lipinski definition) is 12. The molecule has 1 aliphatic carbocycles. The average Bonchev–Trinajstić information content (AvgIpc) is 3.88. The summed E-state index contributed by atoms with van der Waals surface area (Å²) in [5.74, 6) is 3.26. The number of hydrogen-bond donors (Lipinski definition) is 5. The number of nitrogens with zero attached hydrogens (tertiary/aromatic N) is 9. The van der Waals surface area contributed by atoms with Gasteiger partial charge in [0.25, 0.3) is 0 Å². The fourth-order valence-electron chi connectivity index (χ4n) is 6.70. The van der Waals surface area contributed by atoms with Crippen LogP contribution in [0.1, 0.15) is 50.2 Å². The van der Waals surface area contributed by atoms with E-state index in [9.17, 15) is 15.4 Å². The van der Waals surface area contributed by atoms with Crippen LogP contribution < -0.4 is 35.1 Å². The first-order valence-electron chi connectivity index (χ1n) is 17.4. The molecule has 53 heavy (non-hydrogen) atoms. The molecule has 6 aromatic rings. The molecule has 1 fully saturated rings. The molecule has 3 atom stereocenters. The van der Waals surface area contributed by atoms with Gasteiger partial charge >= 0.3 is 5.82 Å². The van der Waals surface area contributed by atoms with E-state index in [0.717, 1.165) is 46.0 Å². The van der Waals surface area contributed by atoms with Crippen molar-refractivity contribution in [1.82, 2.24) is 29.2 Å². The maximum Gasteiger partial charge on any atom is 0.322 e. The highest BCUT2D eigenvalue weighted by Crippen LogP contribution is 2.35. The van der Waals surface area contributed by atoms with Gasteiger partial charge in [-0.25, -0.2) is 9.88 Å². The minimum atomic E-state index is -0.589. The van der Waals surface area contributed by atoms with E-state index >= 15 is 0 Å². The molecule has 5 N–H and O–H groups in total. The van der Waals surface area contributed by atoms with Gasteiger partial charge in [0, 0.05) is 48.5 Å². The fraction of sp³-hybridized carbons (Fsp3) is 0.371. The number of fused-ring (bicyclic) bond motifs is 2. The lowest BCUT2D eigenvalue weighted by molar-refractivity contribution is -0.875. The molecule has 16 nitrogen and oxygen atoms in total. The van der Waals surface area contributed by atoms with E-state index in [1.165, 1.54) is 12.4 Å². The Balaban J connectivity index is 1.21. The SMILES string of the molecule is CCC[C@@H](CO)Nc1cc(NCc2ccc(N(c3cc(NCc4ccc[n+]([O-])c4)n4ncc(Br)c4n3)[C@H]3CCC[C@@H]3O)[n+](OC)c2)n2ncc(Br)c2n1. The van der Waals surface area contributed by atoms with Crippen LogP contribution >= 0.6 is 31.9 Å². The summed E-state index contributed by atoms with van der Waals surface area (Å²) in [6.07, 6.45) is 11.7. The predicted molar refractivity (Wildman–Crippen MR) is 206 cm³/mol. The van der Waals surface area contributed by atoms with Crippen LogP contribution in [0.25, 0.3) is 11.3 Å². The quantitative estimate of drug-likeness (QED) is 0.0739. The number of halogens is 2. The lowest BCUT2D eigenvalue weighted by atomic mass is 10.1. The normalized spacial score (nSPS) is 16.3. The predicted octanol–water partition coefficient (Wildman–Crippen LogP) is 4.12. The third-order valence-electron chi connectivity index (χ3n) is 9.26. The monoisotopic (exact) mass is 851 g/mol. The first-order valence-corrected chi connectivity index (χ1v) is 19.0. The van der Waals surface area contributed by atoms with E-state index in [-0.39, 0.29) is 18.7 Å². The number of aromatic nitrogens is 8. The number of aliphatic hydroxyl groups is 2. The Morgan fingerprint density at radius 2 is 1.70 bits per heavy atom. The largest absolute Gasteiger partial charge is 0.619 e. The molecule has 0 radical (unpaired) electrons. The maximum absolute atomic E-state index is 11.9. The molecule has 0 unspecified atom stereocenters. The van der Waals surface area contributed by atoms with Gasteiger partial charge in [0.05, 0.1) is 40.1 Å². The molecular formula is C35H41Br2N12O4+. The first kappa shape index (κ1) is 36.6. The summed E-state index contributed by atoms with van der Waals surface area (Å²) in [6.45, 7) is 2.88. The molecule has 0 spiro atoms. The van der Waals surface area contributed by atoms with Gasteiger partial charge in [-0.1, -0.05) is 13.3 Å². The smallest absolute Gasteiger partial charge is 0.322 e. The molecule has 6 aromatic heterocycles. The highest BCUT2D eigenvalue weighted by atomic mass is 79.9. The second kappa shape index (κ2) is 16.1. The molecule has 1 aliphatic rings. The molecule has 6 heterocycles. The lowest BCUT2D eigenvalue weighted by Crippen LogP contribution is -2.50. The Labute approximate surface area is 322 Å². The number of pyridine rings is 2. The van der Waals surface area contributed by atoms with E-state index in [0.29, 0.717) is 64.4 Å². The van der Waals surface area contributed by atoms with Crippen molar-refractivity contribution in [3.8, 4) is 0 Å². The molecule has 1 saturated carbocycles. The highest BCUT2D eigenvalue weighted by Gasteiger charge is 2.41. The third-order valence-corrected chi connectivity index (χ3v) is 10.4. The highest BCUT2D eigenvalue weighted by molar-refractivity contribution is 9.11. The molecule has 0 aliphatic heterocycles. The summed E-state index contributed by atoms with van der Waals surface area (Å²) >= 11 is 7.16. The maximum atomic E-state index is 11.9. The minimum Gasteiger partial charge on any atom is -0.619 e. The molecule has 0 amide bonds. The Morgan fingerprint density at radius 3 is 2.34 bits per heavy atom. The van der Waals surface area contributed by atoms with Crippen molar-refractivity contribution >= 4 is 72.2 Å². The van der Waals surface area contributed by atoms with Crippen molar-refractivity contribution in [2.75, 3.05) is 34.6 Å². The van der Waals surface area contributed by atoms with Gasteiger partial charge in [-0.2, -0.15) is 28.9 Å². The minimum absolute atomic E-state index is 0.000653. The van der Waals surface area contributed by atoms with Crippen molar-refractivity contribution in [2.24, 2.45) is 0 Å². The van der Waals surface area contributed by atoms with Crippen LogP contribution in [0.3, 0.4) is 0 Å². The van der Waals surface area contributed by atoms with E-state index in [1.54, 1.807) is 39.3 Å². The Morgan fingerprint density at radius 1 is 1.00 bits per heavy atom. The van der Waals surface area contributed by atoms with E-state index in [4.69, 9.17) is 14.8 Å². The number of anilines is 5. The average molecular weight is 854 g/mol. The molecule has 0 bridgehead atoms. The van der Waals surface area contributed by atoms with Crippen molar-refractivity contribution in [3.05, 3.63) is 92.7 Å². The fourth-order valence-corrected chi connectivity index (χ4v) is 7.39. The molecule has 0 aromatic carbocycles. The zero-order chi connectivity index (χ0) is 37.1. The number of rotatable bonds is 15. The van der Waals surface area contributed by atoms with E-state index < -0.39 is 6.10 Å². The van der Waals surface area contributed by atoms with Crippen molar-refractivity contribution in [1.29, 1.82) is 0 Å². The van der Waals surface area contributed by atoms with Crippen LogP contribution in [0.2, 0.25) is 0 Å². The van der Waals surface area contributed by atoms with Gasteiger partial charge in [-0.3, -0.25) is 0 Å². The third kappa shape index (κ3) is 7.81. The van der Waals surface area contributed by atoms with Crippen LogP contribution in [0.5, 0.6) is 0 Å². The van der Waals surface area contributed by atoms with Crippen LogP contribution in [-0.2, 0) is 13.1 Å². The first-order chi connectivity index (χ1) is 25.8. The van der Waals surface area contributed by atoms with Crippen molar-refractivity contribution in [3.63, 3.8) is 0 Å². The van der Waals surface area contributed by atoms with Gasteiger partial charge < -0.3 is 36.2 Å². The Hall–Kier alpha value is -4.78. The van der Waals surface area contributed by atoms with Gasteiger partial charge in [-0.15, -0.1) is 0 Å². The van der Waals surface area contributed by atoms with Gasteiger partial charge in [-0.05, 0) is 74.4 Å². The van der Waals surface area contributed by atoms with Crippen molar-refractivity contribution < 1.29 is 24.5 Å². The van der Waals surface area contributed by atoms with Gasteiger partial charge in [0.15, 0.2) is 23.7 Å². The summed E-state index contributed by atoms with van der Waals surface area (Å²) < 4.78 is 7.33. The zero-order valence-corrected chi connectivity index (χ0v) is 32.4. The van der Waals surface area contributed by atoms with Crippen LogP contribution in [0.4, 0.5) is 29.1 Å². The van der Waals surface area contributed by atoms with E-state index in [1.807, 2.05) is 41.4 Å². The van der Waals surface area contributed by atoms with Crippen molar-refractivity contribution in [2.45, 2.75) is 70.3 Å². The molecule has 18 heteroatoms. The second-order valence-electron chi connectivity index (χ2n) is 12.9. The van der Waals surface area contributed by atoms with Gasteiger partial charge in [0.2, 0.25) is 5.82 Å². The molecule has 278 valence electrons. The Bertz CT molecular complexity index is 2220. The zero-order valence-electron chi connectivity index (χ0n) is 29.2. The summed E-state index contributed by atoms with van der Waals surface area (Å²) in [5.41, 5.74) is 2.94. The lowest BCUT2D eigenvalue weighted by Gasteiger charge is -2.26. The van der Waals surface area contributed by atoms with Crippen LogP contribution in [-0.4, -0.2) is 71.3 Å². The molecular weight excluding hydrogens is 812 g/mol. The Kier molecular flexibility index (Phi) is 11.1. The topological polar surface area (TPSA) is 180 Å². The van der Waals surface area contributed by atoms with E-state index in [2.05, 4.69) is 64.9 Å².